The summed E-state index contributed by atoms with van der Waals surface area (Å²) in [6, 6.07) is 8.62. The molecule has 1 fully saturated rings. The van der Waals surface area contributed by atoms with Gasteiger partial charge in [0.05, 0.1) is 40.4 Å². The minimum atomic E-state index is -0.272. The maximum Gasteiger partial charge on any atom is 0.282 e. The van der Waals surface area contributed by atoms with Gasteiger partial charge in [-0.1, -0.05) is 53.0 Å². The normalized spacial score (nSPS) is 15.0. The molecule has 36 heavy (non-hydrogen) atoms. The van der Waals surface area contributed by atoms with Crippen LogP contribution in [0.15, 0.2) is 44.7 Å². The van der Waals surface area contributed by atoms with E-state index in [2.05, 4.69) is 21.0 Å². The van der Waals surface area contributed by atoms with E-state index in [0.29, 0.717) is 48.6 Å². The molecule has 1 aromatic heterocycles. The van der Waals surface area contributed by atoms with E-state index in [1.165, 1.54) is 10.9 Å². The minimum Gasteiger partial charge on any atom is -0.481 e. The van der Waals surface area contributed by atoms with Gasteiger partial charge in [0.25, 0.3) is 11.5 Å². The Bertz CT molecular complexity index is 1350. The molecule has 1 amide bonds. The Morgan fingerprint density at radius 2 is 1.94 bits per heavy atom. The highest BCUT2D eigenvalue weighted by atomic mass is 79.9. The molecule has 0 radical (unpaired) electrons. The number of aromatic nitrogens is 2. The molecule has 4 rings (SSSR count). The Hall–Kier alpha value is -2.46. The molecule has 0 saturated carbocycles. The maximum atomic E-state index is 13.3. The lowest BCUT2D eigenvalue weighted by Gasteiger charge is -2.26. The van der Waals surface area contributed by atoms with Crippen LogP contribution >= 0.6 is 39.1 Å². The largest absolute Gasteiger partial charge is 0.481 e. The molecule has 0 bridgehead atoms. The third-order valence-corrected chi connectivity index (χ3v) is 6.99. The third-order valence-electron chi connectivity index (χ3n) is 5.93. The number of benzene rings is 2. The molecular weight excluding hydrogens is 571 g/mol. The van der Waals surface area contributed by atoms with Gasteiger partial charge >= 0.3 is 0 Å². The van der Waals surface area contributed by atoms with Crippen LogP contribution in [-0.4, -0.2) is 59.6 Å². The molecule has 0 spiro atoms. The zero-order valence-electron chi connectivity index (χ0n) is 19.8. The molecule has 8 nitrogen and oxygen atoms in total. The first-order valence-electron chi connectivity index (χ1n) is 11.5. The molecule has 0 aliphatic carbocycles. The molecule has 1 aliphatic rings. The average molecular weight is 596 g/mol. The lowest BCUT2D eigenvalue weighted by Crippen LogP contribution is -2.43. The van der Waals surface area contributed by atoms with Gasteiger partial charge in [-0.05, 0) is 42.3 Å². The van der Waals surface area contributed by atoms with Gasteiger partial charge in [-0.2, -0.15) is 9.78 Å². The molecule has 1 atom stereocenters. The fourth-order valence-corrected chi connectivity index (χ4v) is 4.71. The Labute approximate surface area is 226 Å². The SMILES string of the molecule is CC[C@H](C)c1nc2ccc(Br)cc2c(=O)n1N=Cc1cc(Cl)c(OCC(=O)N2CCOCC2)c(Cl)c1. The Balaban J connectivity index is 1.60. The number of amides is 1. The Kier molecular flexibility index (Phi) is 8.66. The monoisotopic (exact) mass is 594 g/mol. The summed E-state index contributed by atoms with van der Waals surface area (Å²) in [5.74, 6) is 0.623. The van der Waals surface area contributed by atoms with Crippen LogP contribution in [0.3, 0.4) is 0 Å². The standard InChI is InChI=1S/C25H25BrCl2N4O4/c1-3-15(2)24-30-21-5-4-17(26)12-18(21)25(34)32(24)29-13-16-10-19(27)23(20(28)11-16)36-14-22(33)31-6-8-35-9-7-31/h4-5,10-13,15H,3,6-9,14H2,1-2H3/t15-/m0/s1. The molecule has 2 aromatic carbocycles. The van der Waals surface area contributed by atoms with Crippen LogP contribution in [0.4, 0.5) is 0 Å². The van der Waals surface area contributed by atoms with Crippen LogP contribution in [0.25, 0.3) is 10.9 Å². The number of nitrogens with zero attached hydrogens (tertiary/aromatic N) is 4. The highest BCUT2D eigenvalue weighted by Crippen LogP contribution is 2.34. The molecule has 0 N–H and O–H groups in total. The van der Waals surface area contributed by atoms with Gasteiger partial charge in [0.2, 0.25) is 0 Å². The van der Waals surface area contributed by atoms with Crippen molar-refractivity contribution in [2.45, 2.75) is 26.2 Å². The van der Waals surface area contributed by atoms with Gasteiger partial charge in [-0.3, -0.25) is 9.59 Å². The van der Waals surface area contributed by atoms with Gasteiger partial charge in [0.15, 0.2) is 12.4 Å². The topological polar surface area (TPSA) is 86.0 Å². The number of rotatable bonds is 7. The molecule has 2 heterocycles. The lowest BCUT2D eigenvalue weighted by molar-refractivity contribution is -0.137. The average Bonchev–Trinajstić information content (AvgIpc) is 2.87. The number of ether oxygens (including phenoxy) is 2. The van der Waals surface area contributed by atoms with Crippen molar-refractivity contribution in [2.75, 3.05) is 32.9 Å². The Morgan fingerprint density at radius 3 is 2.61 bits per heavy atom. The second-order valence-corrected chi connectivity index (χ2v) is 10.1. The number of morpholine rings is 1. The van der Waals surface area contributed by atoms with Gasteiger partial charge in [-0.15, -0.1) is 0 Å². The van der Waals surface area contributed by atoms with Crippen molar-refractivity contribution in [1.82, 2.24) is 14.6 Å². The second kappa shape index (κ2) is 11.7. The molecule has 1 aliphatic heterocycles. The van der Waals surface area contributed by atoms with Crippen LogP contribution in [0, 0.1) is 0 Å². The smallest absolute Gasteiger partial charge is 0.282 e. The number of hydrogen-bond acceptors (Lipinski definition) is 6. The van der Waals surface area contributed by atoms with E-state index >= 15 is 0 Å². The van der Waals surface area contributed by atoms with Crippen LogP contribution in [-0.2, 0) is 9.53 Å². The number of carbonyl (C=O) groups is 1. The van der Waals surface area contributed by atoms with Crippen molar-refractivity contribution < 1.29 is 14.3 Å². The van der Waals surface area contributed by atoms with Crippen LogP contribution < -0.4 is 10.3 Å². The summed E-state index contributed by atoms with van der Waals surface area (Å²) in [4.78, 5) is 32.0. The first-order valence-corrected chi connectivity index (χ1v) is 13.1. The maximum absolute atomic E-state index is 13.3. The molecule has 0 unspecified atom stereocenters. The number of fused-ring (bicyclic) bond motifs is 1. The summed E-state index contributed by atoms with van der Waals surface area (Å²) >= 11 is 16.2. The van der Waals surface area contributed by atoms with Gasteiger partial charge in [0, 0.05) is 23.5 Å². The molecular formula is C25H25BrCl2N4O4. The van der Waals surface area contributed by atoms with E-state index in [1.807, 2.05) is 26.0 Å². The lowest BCUT2D eigenvalue weighted by atomic mass is 10.1. The molecule has 190 valence electrons. The predicted octanol–water partition coefficient (Wildman–Crippen LogP) is 5.10. The molecule has 11 heteroatoms. The van der Waals surface area contributed by atoms with Gasteiger partial charge < -0.3 is 14.4 Å². The van der Waals surface area contributed by atoms with Crippen molar-refractivity contribution in [3.63, 3.8) is 0 Å². The minimum absolute atomic E-state index is 0.00912. The first-order chi connectivity index (χ1) is 17.3. The van der Waals surface area contributed by atoms with Crippen molar-refractivity contribution in [2.24, 2.45) is 5.10 Å². The number of carbonyl (C=O) groups excluding carboxylic acids is 1. The van der Waals surface area contributed by atoms with E-state index in [1.54, 1.807) is 23.1 Å². The van der Waals surface area contributed by atoms with E-state index in [9.17, 15) is 9.59 Å². The zero-order chi connectivity index (χ0) is 25.8. The van der Waals surface area contributed by atoms with Gasteiger partial charge in [0.1, 0.15) is 5.82 Å². The highest BCUT2D eigenvalue weighted by Gasteiger charge is 2.19. The van der Waals surface area contributed by atoms with E-state index in [-0.39, 0.29) is 39.8 Å². The third kappa shape index (κ3) is 5.91. The van der Waals surface area contributed by atoms with Crippen LogP contribution in [0.5, 0.6) is 5.75 Å². The summed E-state index contributed by atoms with van der Waals surface area (Å²) in [7, 11) is 0. The molecule has 3 aromatic rings. The summed E-state index contributed by atoms with van der Waals surface area (Å²) in [6.07, 6.45) is 2.29. The van der Waals surface area contributed by atoms with E-state index in [0.717, 1.165) is 10.9 Å². The molecule has 1 saturated heterocycles. The fourth-order valence-electron chi connectivity index (χ4n) is 3.73. The van der Waals surface area contributed by atoms with Gasteiger partial charge in [-0.25, -0.2) is 4.98 Å². The quantitative estimate of drug-likeness (QED) is 0.355. The van der Waals surface area contributed by atoms with Crippen molar-refractivity contribution in [3.05, 3.63) is 66.6 Å². The van der Waals surface area contributed by atoms with Crippen LogP contribution in [0.1, 0.15) is 37.6 Å². The Morgan fingerprint density at radius 1 is 1.25 bits per heavy atom. The number of hydrogen-bond donors (Lipinski definition) is 0. The van der Waals surface area contributed by atoms with Crippen molar-refractivity contribution in [1.29, 1.82) is 0 Å². The fraction of sp³-hybridized carbons (Fsp3) is 0.360. The second-order valence-electron chi connectivity index (χ2n) is 8.40. The summed E-state index contributed by atoms with van der Waals surface area (Å²) < 4.78 is 13.0. The summed E-state index contributed by atoms with van der Waals surface area (Å²) in [5, 5.41) is 5.36. The van der Waals surface area contributed by atoms with E-state index in [4.69, 9.17) is 37.7 Å². The van der Waals surface area contributed by atoms with Crippen molar-refractivity contribution in [3.8, 4) is 5.75 Å². The van der Waals surface area contributed by atoms with E-state index < -0.39 is 0 Å². The summed E-state index contributed by atoms with van der Waals surface area (Å²) in [5.41, 5.74) is 0.906. The van der Waals surface area contributed by atoms with Crippen LogP contribution in [0.2, 0.25) is 10.0 Å². The van der Waals surface area contributed by atoms with Crippen molar-refractivity contribution >= 4 is 62.2 Å². The first kappa shape index (κ1) is 26.6. The summed E-state index contributed by atoms with van der Waals surface area (Å²) in [6.45, 7) is 5.91. The number of halogens is 3. The zero-order valence-corrected chi connectivity index (χ0v) is 22.9. The predicted molar refractivity (Wildman–Crippen MR) is 145 cm³/mol. The highest BCUT2D eigenvalue weighted by molar-refractivity contribution is 9.10.